The van der Waals surface area contributed by atoms with E-state index in [-0.39, 0.29) is 29.1 Å². The molecule has 0 aromatic heterocycles. The number of hydrogen-bond donors (Lipinski definition) is 0. The lowest BCUT2D eigenvalue weighted by atomic mass is 9.82. The minimum atomic E-state index is -3.40. The lowest BCUT2D eigenvalue weighted by Crippen LogP contribution is -2.40. The predicted molar refractivity (Wildman–Crippen MR) is 116 cm³/mol. The summed E-state index contributed by atoms with van der Waals surface area (Å²) in [4.78, 5) is 13.8. The van der Waals surface area contributed by atoms with Crippen LogP contribution in [0.1, 0.15) is 63.9 Å². The van der Waals surface area contributed by atoms with Crippen LogP contribution in [0.5, 0.6) is 0 Å². The summed E-state index contributed by atoms with van der Waals surface area (Å²) in [5, 5.41) is 0. The summed E-state index contributed by atoms with van der Waals surface area (Å²) in [7, 11) is -3.40. The standard InChI is InChI=1S/C23H34FNO5S/c1-16(2)30-23(26)25-12-10-17(11-13-25)15-29-19-6-4-18(5-7-19)21-9-8-20(14-22(21)24)31(3,27)28/h8-9,14,16-19H,4-7,10-13,15H2,1-3H3. The quantitative estimate of drug-likeness (QED) is 0.630. The number of nitrogens with zero attached hydrogens (tertiary/aromatic N) is 1. The van der Waals surface area contributed by atoms with Crippen LogP contribution in [0.4, 0.5) is 9.18 Å². The Morgan fingerprint density at radius 2 is 1.77 bits per heavy atom. The van der Waals surface area contributed by atoms with Gasteiger partial charge in [-0.25, -0.2) is 17.6 Å². The average molecular weight is 456 g/mol. The van der Waals surface area contributed by atoms with Crippen molar-refractivity contribution >= 4 is 15.9 Å². The maximum atomic E-state index is 14.5. The van der Waals surface area contributed by atoms with Crippen molar-refractivity contribution in [3.8, 4) is 0 Å². The predicted octanol–water partition coefficient (Wildman–Crippen LogP) is 4.53. The highest BCUT2D eigenvalue weighted by atomic mass is 32.2. The number of likely N-dealkylation sites (tertiary alicyclic amines) is 1. The number of sulfone groups is 1. The number of carbonyl (C=O) groups is 1. The Morgan fingerprint density at radius 1 is 1.13 bits per heavy atom. The highest BCUT2D eigenvalue weighted by Crippen LogP contribution is 2.36. The first kappa shape index (κ1) is 24.0. The van der Waals surface area contributed by atoms with Crippen molar-refractivity contribution in [1.29, 1.82) is 0 Å². The van der Waals surface area contributed by atoms with Gasteiger partial charge >= 0.3 is 6.09 Å². The zero-order valence-electron chi connectivity index (χ0n) is 18.7. The topological polar surface area (TPSA) is 72.9 Å². The van der Waals surface area contributed by atoms with Crippen LogP contribution in [0.25, 0.3) is 0 Å². The molecule has 0 atom stereocenters. The number of amides is 1. The molecule has 0 spiro atoms. The second-order valence-electron chi connectivity index (χ2n) is 9.13. The van der Waals surface area contributed by atoms with Gasteiger partial charge in [0.2, 0.25) is 0 Å². The molecule has 0 unspecified atom stereocenters. The number of piperidine rings is 1. The van der Waals surface area contributed by atoms with Gasteiger partial charge in [0.1, 0.15) is 5.82 Å². The third-order valence-electron chi connectivity index (χ3n) is 6.29. The first-order valence-corrected chi connectivity index (χ1v) is 13.1. The molecule has 1 aromatic carbocycles. The Kier molecular flexibility index (Phi) is 7.97. The van der Waals surface area contributed by atoms with Gasteiger partial charge in [0, 0.05) is 26.0 Å². The zero-order chi connectivity index (χ0) is 22.6. The summed E-state index contributed by atoms with van der Waals surface area (Å²) in [5.41, 5.74) is 0.603. The van der Waals surface area contributed by atoms with E-state index in [4.69, 9.17) is 9.47 Å². The normalized spacial score (nSPS) is 23.2. The number of ether oxygens (including phenoxy) is 2. The molecule has 0 N–H and O–H groups in total. The molecule has 0 bridgehead atoms. The molecule has 1 aromatic rings. The summed E-state index contributed by atoms with van der Waals surface area (Å²) in [6, 6.07) is 4.26. The van der Waals surface area contributed by atoms with Gasteiger partial charge in [-0.1, -0.05) is 6.07 Å². The van der Waals surface area contributed by atoms with Crippen LogP contribution in [-0.2, 0) is 19.3 Å². The number of benzene rings is 1. The maximum absolute atomic E-state index is 14.5. The number of hydrogen-bond acceptors (Lipinski definition) is 5. The fourth-order valence-corrected chi connectivity index (χ4v) is 5.07. The molecule has 1 saturated carbocycles. The molecular formula is C23H34FNO5S. The van der Waals surface area contributed by atoms with Crippen LogP contribution >= 0.6 is 0 Å². The van der Waals surface area contributed by atoms with Crippen LogP contribution in [-0.4, -0.2) is 57.6 Å². The van der Waals surface area contributed by atoms with Crippen LogP contribution in [0, 0.1) is 11.7 Å². The maximum Gasteiger partial charge on any atom is 0.410 e. The second kappa shape index (κ2) is 10.3. The van der Waals surface area contributed by atoms with E-state index in [0.29, 0.717) is 31.2 Å². The second-order valence-corrected chi connectivity index (χ2v) is 11.1. The van der Waals surface area contributed by atoms with Crippen molar-refractivity contribution in [2.45, 2.75) is 75.4 Å². The van der Waals surface area contributed by atoms with Gasteiger partial charge in [-0.2, -0.15) is 0 Å². The molecule has 3 rings (SSSR count). The van der Waals surface area contributed by atoms with Crippen molar-refractivity contribution in [2.75, 3.05) is 26.0 Å². The van der Waals surface area contributed by atoms with Gasteiger partial charge in [0.05, 0.1) is 17.1 Å². The molecule has 1 saturated heterocycles. The lowest BCUT2D eigenvalue weighted by molar-refractivity contribution is -0.00917. The van der Waals surface area contributed by atoms with Crippen molar-refractivity contribution in [3.05, 3.63) is 29.6 Å². The fraction of sp³-hybridized carbons (Fsp3) is 0.696. The van der Waals surface area contributed by atoms with Gasteiger partial charge in [0.15, 0.2) is 9.84 Å². The Hall–Kier alpha value is -1.67. The minimum absolute atomic E-state index is 0.0225. The number of halogens is 1. The molecular weight excluding hydrogens is 421 g/mol. The summed E-state index contributed by atoms with van der Waals surface area (Å²) in [6.45, 7) is 5.81. The van der Waals surface area contributed by atoms with Gasteiger partial charge < -0.3 is 14.4 Å². The van der Waals surface area contributed by atoms with Gasteiger partial charge in [-0.3, -0.25) is 0 Å². The van der Waals surface area contributed by atoms with E-state index in [0.717, 1.165) is 50.8 Å². The van der Waals surface area contributed by atoms with Crippen molar-refractivity contribution in [3.63, 3.8) is 0 Å². The highest BCUT2D eigenvalue weighted by molar-refractivity contribution is 7.90. The molecule has 31 heavy (non-hydrogen) atoms. The Morgan fingerprint density at radius 3 is 2.32 bits per heavy atom. The van der Waals surface area contributed by atoms with E-state index in [1.54, 1.807) is 11.0 Å². The highest BCUT2D eigenvalue weighted by Gasteiger charge is 2.28. The van der Waals surface area contributed by atoms with E-state index < -0.39 is 15.7 Å². The summed E-state index contributed by atoms with van der Waals surface area (Å²) < 4.78 is 49.1. The average Bonchev–Trinajstić information content (AvgIpc) is 2.72. The smallest absolute Gasteiger partial charge is 0.410 e. The van der Waals surface area contributed by atoms with E-state index in [9.17, 15) is 17.6 Å². The third kappa shape index (κ3) is 6.65. The monoisotopic (exact) mass is 455 g/mol. The van der Waals surface area contributed by atoms with E-state index >= 15 is 0 Å². The van der Waals surface area contributed by atoms with E-state index in [2.05, 4.69) is 0 Å². The number of rotatable bonds is 6. The molecule has 1 heterocycles. The van der Waals surface area contributed by atoms with Gasteiger partial charge in [0.25, 0.3) is 0 Å². The molecule has 174 valence electrons. The summed E-state index contributed by atoms with van der Waals surface area (Å²) >= 11 is 0. The lowest BCUT2D eigenvalue weighted by Gasteiger charge is -2.34. The number of carbonyl (C=O) groups excluding carboxylic acids is 1. The molecule has 6 nitrogen and oxygen atoms in total. The van der Waals surface area contributed by atoms with Gasteiger partial charge in [-0.05, 0) is 81.9 Å². The molecule has 1 aliphatic carbocycles. The Balaban J connectivity index is 1.41. The van der Waals surface area contributed by atoms with E-state index in [1.165, 1.54) is 6.07 Å². The molecule has 1 aliphatic heterocycles. The van der Waals surface area contributed by atoms with Crippen LogP contribution in [0.3, 0.4) is 0 Å². The fourth-order valence-electron chi connectivity index (χ4n) is 4.44. The third-order valence-corrected chi connectivity index (χ3v) is 7.40. The molecule has 0 radical (unpaired) electrons. The van der Waals surface area contributed by atoms with Crippen LogP contribution in [0.2, 0.25) is 0 Å². The largest absolute Gasteiger partial charge is 0.447 e. The summed E-state index contributed by atoms with van der Waals surface area (Å²) in [5.74, 6) is 0.112. The SMILES string of the molecule is CC(C)OC(=O)N1CCC(COC2CCC(c3ccc(S(C)(=O)=O)cc3F)CC2)CC1. The van der Waals surface area contributed by atoms with Gasteiger partial charge in [-0.15, -0.1) is 0 Å². The molecule has 2 aliphatic rings. The molecule has 2 fully saturated rings. The van der Waals surface area contributed by atoms with Crippen LogP contribution in [0.15, 0.2) is 23.1 Å². The zero-order valence-corrected chi connectivity index (χ0v) is 19.5. The first-order chi connectivity index (χ1) is 14.6. The van der Waals surface area contributed by atoms with Crippen molar-refractivity contribution < 1.29 is 27.1 Å². The minimum Gasteiger partial charge on any atom is -0.447 e. The Bertz CT molecular complexity index is 857. The Labute approximate surface area is 185 Å². The summed E-state index contributed by atoms with van der Waals surface area (Å²) in [6.07, 6.45) is 6.18. The first-order valence-electron chi connectivity index (χ1n) is 11.2. The molecule has 1 amide bonds. The van der Waals surface area contributed by atoms with Crippen LogP contribution < -0.4 is 0 Å². The van der Waals surface area contributed by atoms with E-state index in [1.807, 2.05) is 13.8 Å². The van der Waals surface area contributed by atoms with Crippen molar-refractivity contribution in [2.24, 2.45) is 5.92 Å². The van der Waals surface area contributed by atoms with Crippen molar-refractivity contribution in [1.82, 2.24) is 4.90 Å². The molecule has 8 heteroatoms.